The monoisotopic (exact) mass is 342 g/mol. The third-order valence-corrected chi connectivity index (χ3v) is 5.32. The number of carbonyl (C=O) groups is 1. The third kappa shape index (κ3) is 3.38. The Balaban J connectivity index is 1.71. The van der Waals surface area contributed by atoms with Gasteiger partial charge in [0.05, 0.1) is 24.2 Å². The molecular formula is C14H18N2O6S. The summed E-state index contributed by atoms with van der Waals surface area (Å²) in [6, 6.07) is 5.30. The van der Waals surface area contributed by atoms with E-state index in [-0.39, 0.29) is 24.0 Å². The Hall–Kier alpha value is -1.52. The first-order valence-electron chi connectivity index (χ1n) is 7.18. The van der Waals surface area contributed by atoms with Crippen molar-refractivity contribution in [2.75, 3.05) is 18.5 Å². The lowest BCUT2D eigenvalue weighted by molar-refractivity contribution is -0.114. The van der Waals surface area contributed by atoms with Crippen molar-refractivity contribution in [1.29, 1.82) is 0 Å². The first kappa shape index (κ1) is 16.3. The van der Waals surface area contributed by atoms with Crippen LogP contribution in [0.1, 0.15) is 6.92 Å². The summed E-state index contributed by atoms with van der Waals surface area (Å²) >= 11 is 0. The lowest BCUT2D eigenvalue weighted by atomic mass is 10.1. The highest BCUT2D eigenvalue weighted by atomic mass is 32.2. The Morgan fingerprint density at radius 1 is 1.17 bits per heavy atom. The summed E-state index contributed by atoms with van der Waals surface area (Å²) in [6.07, 6.45) is -1.71. The highest BCUT2D eigenvalue weighted by Crippen LogP contribution is 2.28. The zero-order valence-electron chi connectivity index (χ0n) is 12.4. The van der Waals surface area contributed by atoms with E-state index in [0.29, 0.717) is 5.69 Å². The smallest absolute Gasteiger partial charge is 0.240 e. The number of carbonyl (C=O) groups excluding carboxylic acids is 1. The number of aliphatic hydroxyl groups is 1. The van der Waals surface area contributed by atoms with Crippen LogP contribution in [0.3, 0.4) is 0 Å². The maximum absolute atomic E-state index is 12.4. The summed E-state index contributed by atoms with van der Waals surface area (Å²) in [5.74, 6) is -0.232. The van der Waals surface area contributed by atoms with Crippen molar-refractivity contribution < 1.29 is 27.8 Å². The summed E-state index contributed by atoms with van der Waals surface area (Å²) in [5, 5.41) is 12.2. The molecule has 0 aromatic heterocycles. The molecule has 0 unspecified atom stereocenters. The first-order chi connectivity index (χ1) is 10.9. The number of aliphatic hydroxyl groups excluding tert-OH is 1. The van der Waals surface area contributed by atoms with Crippen molar-refractivity contribution in [2.24, 2.45) is 0 Å². The average molecular weight is 342 g/mol. The van der Waals surface area contributed by atoms with Crippen LogP contribution >= 0.6 is 0 Å². The van der Waals surface area contributed by atoms with Gasteiger partial charge in [-0.1, -0.05) is 0 Å². The van der Waals surface area contributed by atoms with Gasteiger partial charge in [-0.3, -0.25) is 4.79 Å². The van der Waals surface area contributed by atoms with Crippen LogP contribution in [-0.2, 0) is 24.3 Å². The lowest BCUT2D eigenvalue weighted by Gasteiger charge is -2.17. The number of hydrogen-bond acceptors (Lipinski definition) is 6. The summed E-state index contributed by atoms with van der Waals surface area (Å²) in [7, 11) is -3.75. The Morgan fingerprint density at radius 3 is 2.48 bits per heavy atom. The topological polar surface area (TPSA) is 114 Å². The zero-order valence-corrected chi connectivity index (χ0v) is 13.2. The van der Waals surface area contributed by atoms with E-state index in [0.717, 1.165) is 0 Å². The minimum Gasteiger partial charge on any atom is -0.388 e. The van der Waals surface area contributed by atoms with Crippen LogP contribution in [0.4, 0.5) is 5.69 Å². The summed E-state index contributed by atoms with van der Waals surface area (Å²) in [5.41, 5.74) is 0.517. The maximum Gasteiger partial charge on any atom is 0.240 e. The fourth-order valence-corrected chi connectivity index (χ4v) is 4.00. The molecule has 3 rings (SSSR count). The summed E-state index contributed by atoms with van der Waals surface area (Å²) < 4.78 is 38.2. The highest BCUT2D eigenvalue weighted by molar-refractivity contribution is 7.89. The van der Waals surface area contributed by atoms with Crippen LogP contribution in [0.15, 0.2) is 29.2 Å². The fourth-order valence-electron chi connectivity index (χ4n) is 2.77. The van der Waals surface area contributed by atoms with E-state index in [9.17, 15) is 18.3 Å². The second-order valence-electron chi connectivity index (χ2n) is 5.60. The maximum atomic E-state index is 12.4. The minimum atomic E-state index is -3.75. The quantitative estimate of drug-likeness (QED) is 0.677. The SMILES string of the molecule is CC(=O)Nc1ccc(S(=O)(=O)N[C@H]2CO[C@H]3[C@@H]2OC[C@H]3O)cc1. The van der Waals surface area contributed by atoms with Crippen molar-refractivity contribution in [3.63, 3.8) is 0 Å². The molecule has 8 nitrogen and oxygen atoms in total. The van der Waals surface area contributed by atoms with Crippen molar-refractivity contribution >= 4 is 21.6 Å². The van der Waals surface area contributed by atoms with E-state index in [1.54, 1.807) is 0 Å². The molecule has 3 N–H and O–H groups in total. The van der Waals surface area contributed by atoms with Gasteiger partial charge in [0.2, 0.25) is 15.9 Å². The van der Waals surface area contributed by atoms with E-state index in [4.69, 9.17) is 9.47 Å². The number of benzene rings is 1. The van der Waals surface area contributed by atoms with E-state index >= 15 is 0 Å². The molecule has 2 heterocycles. The van der Waals surface area contributed by atoms with Gasteiger partial charge in [-0.2, -0.15) is 0 Å². The fraction of sp³-hybridized carbons (Fsp3) is 0.500. The van der Waals surface area contributed by atoms with Gasteiger partial charge in [-0.15, -0.1) is 0 Å². The van der Waals surface area contributed by atoms with E-state index in [2.05, 4.69) is 10.0 Å². The van der Waals surface area contributed by atoms with Crippen molar-refractivity contribution in [1.82, 2.24) is 4.72 Å². The Bertz CT molecular complexity index is 690. The molecule has 1 aromatic rings. The number of ether oxygens (including phenoxy) is 2. The van der Waals surface area contributed by atoms with Crippen LogP contribution in [0.5, 0.6) is 0 Å². The predicted molar refractivity (Wildman–Crippen MR) is 80.3 cm³/mol. The number of amides is 1. The average Bonchev–Trinajstić information content (AvgIpc) is 3.03. The molecule has 4 atom stereocenters. The number of rotatable bonds is 4. The summed E-state index contributed by atoms with van der Waals surface area (Å²) in [4.78, 5) is 11.0. The van der Waals surface area contributed by atoms with Gasteiger partial charge in [-0.05, 0) is 24.3 Å². The van der Waals surface area contributed by atoms with E-state index in [1.165, 1.54) is 31.2 Å². The van der Waals surface area contributed by atoms with Gasteiger partial charge in [0.25, 0.3) is 0 Å². The van der Waals surface area contributed by atoms with Crippen molar-refractivity contribution in [2.45, 2.75) is 36.2 Å². The first-order valence-corrected chi connectivity index (χ1v) is 8.66. The molecule has 0 aliphatic carbocycles. The molecule has 0 radical (unpaired) electrons. The normalized spacial score (nSPS) is 30.2. The van der Waals surface area contributed by atoms with Gasteiger partial charge in [0, 0.05) is 12.6 Å². The van der Waals surface area contributed by atoms with Crippen LogP contribution in [0.2, 0.25) is 0 Å². The van der Waals surface area contributed by atoms with Crippen molar-refractivity contribution in [3.05, 3.63) is 24.3 Å². The molecule has 0 spiro atoms. The summed E-state index contributed by atoms with van der Waals surface area (Å²) in [6.45, 7) is 1.66. The number of hydrogen-bond donors (Lipinski definition) is 3. The third-order valence-electron chi connectivity index (χ3n) is 3.82. The zero-order chi connectivity index (χ0) is 16.6. The van der Waals surface area contributed by atoms with Gasteiger partial charge in [0.15, 0.2) is 0 Å². The van der Waals surface area contributed by atoms with Gasteiger partial charge >= 0.3 is 0 Å². The van der Waals surface area contributed by atoms with Crippen LogP contribution in [0.25, 0.3) is 0 Å². The van der Waals surface area contributed by atoms with Gasteiger partial charge < -0.3 is 19.9 Å². The number of anilines is 1. The van der Waals surface area contributed by atoms with E-state index < -0.39 is 34.4 Å². The molecule has 2 aliphatic heterocycles. The standard InChI is InChI=1S/C14H18N2O6S/c1-8(17)15-9-2-4-10(5-3-9)23(19,20)16-11-6-21-14-12(18)7-22-13(11)14/h2-5,11-14,16,18H,6-7H2,1H3,(H,15,17)/t11-,12+,13+,14+/m0/s1. The molecule has 1 amide bonds. The molecule has 2 fully saturated rings. The molecule has 2 saturated heterocycles. The molecule has 126 valence electrons. The van der Waals surface area contributed by atoms with E-state index in [1.807, 2.05) is 0 Å². The molecule has 23 heavy (non-hydrogen) atoms. The second kappa shape index (κ2) is 6.17. The molecule has 9 heteroatoms. The number of fused-ring (bicyclic) bond motifs is 1. The predicted octanol–water partition coefficient (Wildman–Crippen LogP) is -0.550. The van der Waals surface area contributed by atoms with Crippen molar-refractivity contribution in [3.8, 4) is 0 Å². The highest BCUT2D eigenvalue weighted by Gasteiger charge is 2.48. The van der Waals surface area contributed by atoms with Gasteiger partial charge in [-0.25, -0.2) is 13.1 Å². The second-order valence-corrected chi connectivity index (χ2v) is 7.31. The molecule has 0 saturated carbocycles. The van der Waals surface area contributed by atoms with Crippen LogP contribution < -0.4 is 10.0 Å². The van der Waals surface area contributed by atoms with Crippen LogP contribution in [-0.4, -0.2) is 57.0 Å². The molecule has 0 bridgehead atoms. The Kier molecular flexibility index (Phi) is 4.39. The lowest BCUT2D eigenvalue weighted by Crippen LogP contribution is -2.44. The molecule has 1 aromatic carbocycles. The van der Waals surface area contributed by atoms with Crippen LogP contribution in [0, 0.1) is 0 Å². The van der Waals surface area contributed by atoms with Gasteiger partial charge in [0.1, 0.15) is 18.3 Å². The molecular weight excluding hydrogens is 324 g/mol. The minimum absolute atomic E-state index is 0.0774. The number of nitrogens with one attached hydrogen (secondary N) is 2. The Morgan fingerprint density at radius 2 is 1.83 bits per heavy atom. The largest absolute Gasteiger partial charge is 0.388 e. The molecule has 2 aliphatic rings. The number of sulfonamides is 1. The Labute approximate surface area is 133 Å².